The normalized spacial score (nSPS) is 19.7. The summed E-state index contributed by atoms with van der Waals surface area (Å²) in [5.74, 6) is 0. The number of nitrogens with one attached hydrogen (secondary N) is 1. The molecule has 1 nitrogen and oxygen atoms in total. The summed E-state index contributed by atoms with van der Waals surface area (Å²) < 4.78 is 14.5. The molecule has 1 aliphatic heterocycles. The molecule has 1 N–H and O–H groups in total. The lowest BCUT2D eigenvalue weighted by atomic mass is 9.86. The van der Waals surface area contributed by atoms with E-state index in [2.05, 4.69) is 37.4 Å². The summed E-state index contributed by atoms with van der Waals surface area (Å²) in [5.41, 5.74) is 2.63. The van der Waals surface area contributed by atoms with Crippen molar-refractivity contribution in [3.05, 3.63) is 34.9 Å². The first-order valence-electron chi connectivity index (χ1n) is 6.05. The van der Waals surface area contributed by atoms with Gasteiger partial charge in [0.05, 0.1) is 0 Å². The van der Waals surface area contributed by atoms with Crippen molar-refractivity contribution < 1.29 is 4.39 Å². The third kappa shape index (κ3) is 2.62. The Morgan fingerprint density at radius 3 is 2.56 bits per heavy atom. The van der Waals surface area contributed by atoms with Crippen molar-refractivity contribution in [2.75, 3.05) is 13.1 Å². The van der Waals surface area contributed by atoms with Crippen LogP contribution in [0.5, 0.6) is 0 Å². The summed E-state index contributed by atoms with van der Waals surface area (Å²) in [6.07, 6.45) is 1.85. The number of aryl methyl sites for hydroxylation is 2. The first kappa shape index (κ1) is 11.6. The minimum absolute atomic E-state index is 0.570. The summed E-state index contributed by atoms with van der Waals surface area (Å²) in [6, 6.07) is 6.29. The minimum atomic E-state index is -0.995. The molecule has 88 valence electrons. The van der Waals surface area contributed by atoms with Crippen LogP contribution < -0.4 is 5.32 Å². The van der Waals surface area contributed by atoms with Gasteiger partial charge in [-0.3, -0.25) is 0 Å². The molecule has 16 heavy (non-hydrogen) atoms. The van der Waals surface area contributed by atoms with Crippen LogP contribution in [0.3, 0.4) is 0 Å². The molecule has 0 aromatic heterocycles. The Hall–Kier alpha value is -0.890. The topological polar surface area (TPSA) is 12.0 Å². The molecule has 0 unspecified atom stereocenters. The molecule has 0 amide bonds. The van der Waals surface area contributed by atoms with E-state index in [1.807, 2.05) is 0 Å². The van der Waals surface area contributed by atoms with Crippen LogP contribution in [0, 0.1) is 13.8 Å². The van der Waals surface area contributed by atoms with Gasteiger partial charge in [0.15, 0.2) is 0 Å². The maximum absolute atomic E-state index is 14.5. The first-order valence-corrected chi connectivity index (χ1v) is 6.05. The number of hydrogen-bond donors (Lipinski definition) is 1. The lowest BCUT2D eigenvalue weighted by Gasteiger charge is -2.30. The van der Waals surface area contributed by atoms with Crippen molar-refractivity contribution in [2.24, 2.45) is 0 Å². The highest BCUT2D eigenvalue weighted by molar-refractivity contribution is 5.31. The average molecular weight is 221 g/mol. The highest BCUT2D eigenvalue weighted by Gasteiger charge is 2.31. The van der Waals surface area contributed by atoms with Crippen molar-refractivity contribution in [2.45, 2.75) is 38.8 Å². The lowest BCUT2D eigenvalue weighted by Crippen LogP contribution is -2.40. The predicted octanol–water partition coefficient (Wildman–Crippen LogP) is 2.94. The number of piperidine rings is 1. The Bertz CT molecular complexity index is 367. The third-order valence-corrected chi connectivity index (χ3v) is 3.51. The summed E-state index contributed by atoms with van der Waals surface area (Å²) >= 11 is 0. The van der Waals surface area contributed by atoms with Gasteiger partial charge >= 0.3 is 0 Å². The molecule has 1 aromatic carbocycles. The first-order chi connectivity index (χ1) is 7.59. The number of hydrogen-bond acceptors (Lipinski definition) is 1. The number of halogens is 1. The zero-order valence-corrected chi connectivity index (χ0v) is 10.1. The second kappa shape index (κ2) is 4.54. The average Bonchev–Trinajstić information content (AvgIpc) is 2.23. The third-order valence-electron chi connectivity index (χ3n) is 3.51. The molecule has 0 radical (unpaired) electrons. The summed E-state index contributed by atoms with van der Waals surface area (Å²) in [5, 5.41) is 3.21. The highest BCUT2D eigenvalue weighted by atomic mass is 19.1. The van der Waals surface area contributed by atoms with Gasteiger partial charge in [0.2, 0.25) is 0 Å². The molecule has 1 aromatic rings. The summed E-state index contributed by atoms with van der Waals surface area (Å²) in [6.45, 7) is 5.77. The highest BCUT2D eigenvalue weighted by Crippen LogP contribution is 2.29. The zero-order chi connectivity index (χ0) is 11.6. The Kier molecular flexibility index (Phi) is 3.29. The summed E-state index contributed by atoms with van der Waals surface area (Å²) in [7, 11) is 0. The summed E-state index contributed by atoms with van der Waals surface area (Å²) in [4.78, 5) is 0. The van der Waals surface area contributed by atoms with E-state index in [0.29, 0.717) is 19.3 Å². The van der Waals surface area contributed by atoms with E-state index in [9.17, 15) is 4.39 Å². The van der Waals surface area contributed by atoms with Crippen molar-refractivity contribution in [1.82, 2.24) is 5.32 Å². The van der Waals surface area contributed by atoms with Crippen LogP contribution in [0.15, 0.2) is 18.2 Å². The van der Waals surface area contributed by atoms with Gasteiger partial charge in [-0.05, 0) is 50.9 Å². The van der Waals surface area contributed by atoms with Gasteiger partial charge < -0.3 is 5.32 Å². The van der Waals surface area contributed by atoms with E-state index in [-0.39, 0.29) is 0 Å². The smallest absolute Gasteiger partial charge is 0.117 e. The van der Waals surface area contributed by atoms with Crippen LogP contribution in [-0.4, -0.2) is 18.8 Å². The maximum atomic E-state index is 14.5. The van der Waals surface area contributed by atoms with Crippen LogP contribution in [0.2, 0.25) is 0 Å². The molecular formula is C14H20FN. The SMILES string of the molecule is Cc1ccc(CC2(F)CCNCC2)c(C)c1. The lowest BCUT2D eigenvalue weighted by molar-refractivity contribution is 0.116. The molecule has 1 saturated heterocycles. The Morgan fingerprint density at radius 1 is 1.25 bits per heavy atom. The standard InChI is InChI=1S/C14H20FN/c1-11-3-4-13(12(2)9-11)10-14(15)5-7-16-8-6-14/h3-4,9,16H,5-8,10H2,1-2H3. The molecule has 0 aliphatic carbocycles. The number of alkyl halides is 1. The van der Waals surface area contributed by atoms with E-state index < -0.39 is 5.67 Å². The molecule has 0 atom stereocenters. The van der Waals surface area contributed by atoms with Crippen LogP contribution in [0.4, 0.5) is 4.39 Å². The monoisotopic (exact) mass is 221 g/mol. The van der Waals surface area contributed by atoms with E-state index >= 15 is 0 Å². The van der Waals surface area contributed by atoms with Gasteiger partial charge in [0.25, 0.3) is 0 Å². The minimum Gasteiger partial charge on any atom is -0.316 e. The quantitative estimate of drug-likeness (QED) is 0.809. The van der Waals surface area contributed by atoms with Gasteiger partial charge in [-0.25, -0.2) is 4.39 Å². The van der Waals surface area contributed by atoms with Gasteiger partial charge in [-0.2, -0.15) is 0 Å². The van der Waals surface area contributed by atoms with Crippen LogP contribution in [0.1, 0.15) is 29.5 Å². The van der Waals surface area contributed by atoms with Crippen LogP contribution >= 0.6 is 0 Å². The van der Waals surface area contributed by atoms with E-state index in [1.165, 1.54) is 11.1 Å². The number of benzene rings is 1. The van der Waals surface area contributed by atoms with Crippen molar-refractivity contribution in [3.8, 4) is 0 Å². The van der Waals surface area contributed by atoms with Gasteiger partial charge in [-0.1, -0.05) is 23.8 Å². The Balaban J connectivity index is 2.13. The van der Waals surface area contributed by atoms with E-state index in [0.717, 1.165) is 18.7 Å². The molecule has 1 aliphatic rings. The van der Waals surface area contributed by atoms with E-state index in [1.54, 1.807) is 0 Å². The molecule has 1 heterocycles. The Labute approximate surface area is 97.1 Å². The second-order valence-corrected chi connectivity index (χ2v) is 5.01. The van der Waals surface area contributed by atoms with Gasteiger partial charge in [0.1, 0.15) is 5.67 Å². The predicted molar refractivity (Wildman–Crippen MR) is 65.6 cm³/mol. The Morgan fingerprint density at radius 2 is 1.94 bits per heavy atom. The van der Waals surface area contributed by atoms with Crippen molar-refractivity contribution >= 4 is 0 Å². The fraction of sp³-hybridized carbons (Fsp3) is 0.571. The molecule has 2 heteroatoms. The van der Waals surface area contributed by atoms with Crippen LogP contribution in [0.25, 0.3) is 0 Å². The largest absolute Gasteiger partial charge is 0.316 e. The molecule has 0 bridgehead atoms. The van der Waals surface area contributed by atoms with Crippen molar-refractivity contribution in [1.29, 1.82) is 0 Å². The van der Waals surface area contributed by atoms with Crippen LogP contribution in [-0.2, 0) is 6.42 Å². The number of rotatable bonds is 2. The molecule has 0 saturated carbocycles. The van der Waals surface area contributed by atoms with E-state index in [4.69, 9.17) is 0 Å². The fourth-order valence-electron chi connectivity index (χ4n) is 2.44. The molecule has 1 fully saturated rings. The molecule has 0 spiro atoms. The second-order valence-electron chi connectivity index (χ2n) is 5.01. The van der Waals surface area contributed by atoms with Crippen molar-refractivity contribution in [3.63, 3.8) is 0 Å². The fourth-order valence-corrected chi connectivity index (χ4v) is 2.44. The molecular weight excluding hydrogens is 201 g/mol. The van der Waals surface area contributed by atoms with Gasteiger partial charge in [0, 0.05) is 6.42 Å². The molecule has 2 rings (SSSR count). The zero-order valence-electron chi connectivity index (χ0n) is 10.1. The maximum Gasteiger partial charge on any atom is 0.117 e. The van der Waals surface area contributed by atoms with Gasteiger partial charge in [-0.15, -0.1) is 0 Å².